The van der Waals surface area contributed by atoms with Crippen LogP contribution in [0.1, 0.15) is 33.6 Å². The minimum atomic E-state index is -0.0180. The number of carbonyl (C=O) groups excluding carboxylic acids is 2. The summed E-state index contributed by atoms with van der Waals surface area (Å²) < 4.78 is 0. The van der Waals surface area contributed by atoms with Crippen molar-refractivity contribution in [3.05, 3.63) is 59.7 Å². The molecular formula is C19H18N4O2. The van der Waals surface area contributed by atoms with E-state index in [-0.39, 0.29) is 17.6 Å². The molecule has 126 valence electrons. The van der Waals surface area contributed by atoms with Crippen LogP contribution in [0.25, 0.3) is 11.0 Å². The van der Waals surface area contributed by atoms with Crippen LogP contribution in [0.5, 0.6) is 0 Å². The Morgan fingerprint density at radius 2 is 1.64 bits per heavy atom. The summed E-state index contributed by atoms with van der Waals surface area (Å²) in [6.45, 7) is 1.19. The number of likely N-dealkylation sites (tertiary alicyclic amines) is 1. The van der Waals surface area contributed by atoms with Gasteiger partial charge in [-0.25, -0.2) is 0 Å². The number of piperidine rings is 1. The van der Waals surface area contributed by atoms with Gasteiger partial charge in [-0.15, -0.1) is 0 Å². The first kappa shape index (κ1) is 15.5. The number of Topliss-reactive ketones (excluding diaryl/α,β-unsaturated/α-hetero) is 1. The molecule has 0 saturated carbocycles. The summed E-state index contributed by atoms with van der Waals surface area (Å²) in [7, 11) is 0. The van der Waals surface area contributed by atoms with Crippen molar-refractivity contribution in [3.63, 3.8) is 0 Å². The van der Waals surface area contributed by atoms with Gasteiger partial charge in [0.25, 0.3) is 5.91 Å². The standard InChI is InChI=1S/C19H18N4O2/c24-18(13-4-2-1-3-5-13)14-8-10-23(11-9-14)19(25)15-6-7-16-17(12-15)21-22-20-16/h1-7,12,14H,8-11H2,(H,20,21,22). The Labute approximate surface area is 144 Å². The molecule has 25 heavy (non-hydrogen) atoms. The number of aromatic amines is 1. The molecule has 0 atom stereocenters. The van der Waals surface area contributed by atoms with Crippen molar-refractivity contribution in [2.45, 2.75) is 12.8 Å². The molecule has 6 nitrogen and oxygen atoms in total. The number of fused-ring (bicyclic) bond motifs is 1. The van der Waals surface area contributed by atoms with Gasteiger partial charge in [0.2, 0.25) is 0 Å². The van der Waals surface area contributed by atoms with Crippen LogP contribution in [0.15, 0.2) is 48.5 Å². The highest BCUT2D eigenvalue weighted by molar-refractivity contribution is 5.99. The lowest BCUT2D eigenvalue weighted by atomic mass is 9.88. The number of amides is 1. The Morgan fingerprint density at radius 3 is 2.40 bits per heavy atom. The molecule has 1 aliphatic heterocycles. The van der Waals surface area contributed by atoms with Gasteiger partial charge < -0.3 is 4.90 Å². The molecule has 6 heteroatoms. The normalized spacial score (nSPS) is 15.4. The van der Waals surface area contributed by atoms with E-state index in [1.54, 1.807) is 18.2 Å². The SMILES string of the molecule is O=C(c1ccccc1)C1CCN(C(=O)c2ccc3n[nH]nc3c2)CC1. The monoisotopic (exact) mass is 334 g/mol. The minimum Gasteiger partial charge on any atom is -0.339 e. The Kier molecular flexibility index (Phi) is 4.01. The lowest BCUT2D eigenvalue weighted by Crippen LogP contribution is -2.40. The number of ketones is 1. The number of rotatable bonds is 3. The third-order valence-corrected chi connectivity index (χ3v) is 4.77. The maximum Gasteiger partial charge on any atom is 0.253 e. The molecule has 1 fully saturated rings. The molecule has 0 spiro atoms. The van der Waals surface area contributed by atoms with Crippen molar-refractivity contribution in [3.8, 4) is 0 Å². The maximum absolute atomic E-state index is 12.7. The number of carbonyl (C=O) groups is 2. The predicted octanol–water partition coefficient (Wildman–Crippen LogP) is 2.69. The Hall–Kier alpha value is -3.02. The molecule has 1 aromatic heterocycles. The van der Waals surface area contributed by atoms with Crippen LogP contribution in [0.2, 0.25) is 0 Å². The van der Waals surface area contributed by atoms with Gasteiger partial charge in [-0.3, -0.25) is 9.59 Å². The van der Waals surface area contributed by atoms with Crippen LogP contribution in [-0.4, -0.2) is 45.1 Å². The molecule has 2 aromatic carbocycles. The van der Waals surface area contributed by atoms with E-state index in [2.05, 4.69) is 15.4 Å². The highest BCUT2D eigenvalue weighted by Crippen LogP contribution is 2.23. The Bertz CT molecular complexity index is 911. The fraction of sp³-hybridized carbons (Fsp3) is 0.263. The quantitative estimate of drug-likeness (QED) is 0.747. The first-order valence-electron chi connectivity index (χ1n) is 8.41. The number of nitrogens with one attached hydrogen (secondary N) is 1. The van der Waals surface area contributed by atoms with Crippen molar-refractivity contribution in [1.82, 2.24) is 20.3 Å². The topological polar surface area (TPSA) is 79.0 Å². The van der Waals surface area contributed by atoms with E-state index < -0.39 is 0 Å². The zero-order valence-corrected chi connectivity index (χ0v) is 13.7. The van der Waals surface area contributed by atoms with Crippen molar-refractivity contribution in [2.75, 3.05) is 13.1 Å². The van der Waals surface area contributed by atoms with Gasteiger partial charge in [-0.2, -0.15) is 15.4 Å². The average Bonchev–Trinajstić information content (AvgIpc) is 3.15. The van der Waals surface area contributed by atoms with Gasteiger partial charge in [-0.1, -0.05) is 30.3 Å². The molecule has 0 aliphatic carbocycles. The van der Waals surface area contributed by atoms with Gasteiger partial charge in [0.05, 0.1) is 0 Å². The zero-order valence-electron chi connectivity index (χ0n) is 13.7. The molecule has 2 heterocycles. The highest BCUT2D eigenvalue weighted by Gasteiger charge is 2.28. The number of hydrogen-bond acceptors (Lipinski definition) is 4. The van der Waals surface area contributed by atoms with Gasteiger partial charge in [-0.05, 0) is 31.0 Å². The highest BCUT2D eigenvalue weighted by atomic mass is 16.2. The molecule has 1 amide bonds. The van der Waals surface area contributed by atoms with E-state index in [4.69, 9.17) is 0 Å². The van der Waals surface area contributed by atoms with Crippen LogP contribution < -0.4 is 0 Å². The summed E-state index contributed by atoms with van der Waals surface area (Å²) in [5.74, 6) is 0.150. The van der Waals surface area contributed by atoms with Crippen molar-refractivity contribution in [2.24, 2.45) is 5.92 Å². The first-order valence-corrected chi connectivity index (χ1v) is 8.41. The second-order valence-corrected chi connectivity index (χ2v) is 6.32. The fourth-order valence-electron chi connectivity index (χ4n) is 3.34. The maximum atomic E-state index is 12.7. The van der Waals surface area contributed by atoms with Gasteiger partial charge in [0.1, 0.15) is 11.0 Å². The second-order valence-electron chi connectivity index (χ2n) is 6.32. The number of benzene rings is 2. The first-order chi connectivity index (χ1) is 12.2. The van der Waals surface area contributed by atoms with Crippen LogP contribution in [0, 0.1) is 5.92 Å². The summed E-state index contributed by atoms with van der Waals surface area (Å²) in [5.41, 5.74) is 2.78. The van der Waals surface area contributed by atoms with E-state index in [1.807, 2.05) is 35.2 Å². The van der Waals surface area contributed by atoms with E-state index in [0.29, 0.717) is 37.0 Å². The van der Waals surface area contributed by atoms with E-state index in [0.717, 1.165) is 11.1 Å². The molecule has 0 unspecified atom stereocenters. The second kappa shape index (κ2) is 6.47. The number of hydrogen-bond donors (Lipinski definition) is 1. The van der Waals surface area contributed by atoms with Crippen molar-refractivity contribution in [1.29, 1.82) is 0 Å². The molecule has 1 aliphatic rings. The van der Waals surface area contributed by atoms with E-state index in [9.17, 15) is 9.59 Å². The summed E-state index contributed by atoms with van der Waals surface area (Å²) >= 11 is 0. The smallest absolute Gasteiger partial charge is 0.253 e. The average molecular weight is 334 g/mol. The molecule has 0 radical (unpaired) electrons. The largest absolute Gasteiger partial charge is 0.339 e. The molecule has 4 rings (SSSR count). The van der Waals surface area contributed by atoms with Gasteiger partial charge in [0, 0.05) is 30.1 Å². The molecule has 1 saturated heterocycles. The molecule has 0 bridgehead atoms. The fourth-order valence-corrected chi connectivity index (χ4v) is 3.34. The van der Waals surface area contributed by atoms with Crippen molar-refractivity contribution >= 4 is 22.7 Å². The van der Waals surface area contributed by atoms with Crippen LogP contribution in [-0.2, 0) is 0 Å². The Balaban J connectivity index is 1.42. The van der Waals surface area contributed by atoms with Gasteiger partial charge in [0.15, 0.2) is 5.78 Å². The Morgan fingerprint density at radius 1 is 0.920 bits per heavy atom. The van der Waals surface area contributed by atoms with Crippen LogP contribution in [0.3, 0.4) is 0 Å². The number of nitrogens with zero attached hydrogens (tertiary/aromatic N) is 3. The summed E-state index contributed by atoms with van der Waals surface area (Å²) in [6, 6.07) is 14.7. The lowest BCUT2D eigenvalue weighted by Gasteiger charge is -2.31. The zero-order chi connectivity index (χ0) is 17.2. The molecule has 1 N–H and O–H groups in total. The summed E-state index contributed by atoms with van der Waals surface area (Å²) in [5, 5.41) is 10.6. The third-order valence-electron chi connectivity index (χ3n) is 4.77. The molecular weight excluding hydrogens is 316 g/mol. The molecule has 3 aromatic rings. The third kappa shape index (κ3) is 3.03. The number of aromatic nitrogens is 3. The van der Waals surface area contributed by atoms with E-state index >= 15 is 0 Å². The summed E-state index contributed by atoms with van der Waals surface area (Å²) in [4.78, 5) is 27.1. The van der Waals surface area contributed by atoms with Crippen LogP contribution >= 0.6 is 0 Å². The van der Waals surface area contributed by atoms with Gasteiger partial charge >= 0.3 is 0 Å². The lowest BCUT2D eigenvalue weighted by molar-refractivity contribution is 0.0650. The minimum absolute atomic E-state index is 0.00975. The van der Waals surface area contributed by atoms with Crippen LogP contribution in [0.4, 0.5) is 0 Å². The summed E-state index contributed by atoms with van der Waals surface area (Å²) in [6.07, 6.45) is 1.40. The number of H-pyrrole nitrogens is 1. The van der Waals surface area contributed by atoms with Crippen molar-refractivity contribution < 1.29 is 9.59 Å². The van der Waals surface area contributed by atoms with E-state index in [1.165, 1.54) is 0 Å². The predicted molar refractivity (Wildman–Crippen MR) is 93.3 cm³/mol.